The topological polar surface area (TPSA) is 102 Å². The molecule has 0 spiro atoms. The summed E-state index contributed by atoms with van der Waals surface area (Å²) in [6, 6.07) is -0.721. The van der Waals surface area contributed by atoms with Gasteiger partial charge in [0.05, 0.1) is 40.3 Å². The van der Waals surface area contributed by atoms with E-state index in [1.54, 1.807) is 21.1 Å². The first-order chi connectivity index (χ1) is 26.1. The molecule has 0 fully saturated rings. The fourth-order valence-corrected chi connectivity index (χ4v) is 6.83. The summed E-state index contributed by atoms with van der Waals surface area (Å²) in [5.74, 6) is -1.73. The second kappa shape index (κ2) is 38.0. The normalized spacial score (nSPS) is 13.0. The predicted molar refractivity (Wildman–Crippen MR) is 222 cm³/mol. The van der Waals surface area contributed by atoms with Crippen molar-refractivity contribution >= 4 is 17.9 Å². The summed E-state index contributed by atoms with van der Waals surface area (Å²) >= 11 is 0. The zero-order chi connectivity index (χ0) is 40.0. The lowest BCUT2D eigenvalue weighted by molar-refractivity contribution is -0.889. The van der Waals surface area contributed by atoms with Gasteiger partial charge in [0.15, 0.2) is 6.10 Å². The molecular formula is C46H87NO7. The van der Waals surface area contributed by atoms with Gasteiger partial charge in [-0.25, -0.2) is 0 Å². The molecule has 0 aliphatic rings. The van der Waals surface area contributed by atoms with Crippen LogP contribution in [0.3, 0.4) is 0 Å². The largest absolute Gasteiger partial charge is 0.544 e. The Morgan fingerprint density at radius 3 is 1.33 bits per heavy atom. The van der Waals surface area contributed by atoms with Crippen molar-refractivity contribution in [3.63, 3.8) is 0 Å². The van der Waals surface area contributed by atoms with Crippen molar-refractivity contribution in [3.05, 3.63) is 12.2 Å². The maximum absolute atomic E-state index is 12.7. The lowest BCUT2D eigenvalue weighted by Crippen LogP contribution is -2.55. The zero-order valence-corrected chi connectivity index (χ0v) is 36.2. The fourth-order valence-electron chi connectivity index (χ4n) is 6.83. The second-order valence-electron chi connectivity index (χ2n) is 16.6. The molecule has 8 nitrogen and oxygen atoms in total. The Morgan fingerprint density at radius 2 is 0.926 bits per heavy atom. The molecule has 2 unspecified atom stereocenters. The molecule has 54 heavy (non-hydrogen) atoms. The average Bonchev–Trinajstić information content (AvgIpc) is 3.12. The highest BCUT2D eigenvalue weighted by Crippen LogP contribution is 2.15. The van der Waals surface area contributed by atoms with E-state index >= 15 is 0 Å². The number of ether oxygens (including phenoxy) is 3. The van der Waals surface area contributed by atoms with Gasteiger partial charge < -0.3 is 28.6 Å². The number of rotatable bonds is 41. The number of carbonyl (C=O) groups excluding carboxylic acids is 3. The van der Waals surface area contributed by atoms with Crippen LogP contribution in [0.4, 0.5) is 0 Å². The highest BCUT2D eigenvalue weighted by Gasteiger charge is 2.25. The van der Waals surface area contributed by atoms with Gasteiger partial charge in [-0.05, 0) is 38.5 Å². The standard InChI is InChI=1S/C46H87NO7/c1-6-8-10-12-14-16-18-19-20-21-22-23-24-25-26-27-29-30-32-34-36-44(48)53-41-42(40-52-39-38-43(46(50)51)47(3,4)5)54-45(49)37-35-33-31-28-17-15-13-11-9-7-2/h22-23,42-43H,6-21,24-41H2,1-5H3/b23-22+. The quantitative estimate of drug-likeness (QED) is 0.0264. The molecule has 0 aromatic rings. The fraction of sp³-hybridized carbons (Fsp3) is 0.891. The van der Waals surface area contributed by atoms with Crippen LogP contribution in [-0.4, -0.2) is 75.5 Å². The third kappa shape index (κ3) is 35.8. The predicted octanol–water partition coefficient (Wildman–Crippen LogP) is 11.0. The monoisotopic (exact) mass is 766 g/mol. The Kier molecular flexibility index (Phi) is 36.6. The first kappa shape index (κ1) is 52.1. The Labute approximate surface area is 333 Å². The maximum Gasteiger partial charge on any atom is 0.306 e. The number of carbonyl (C=O) groups is 3. The number of unbranched alkanes of at least 4 members (excludes halogenated alkanes) is 25. The van der Waals surface area contributed by atoms with Gasteiger partial charge in [0.2, 0.25) is 0 Å². The zero-order valence-electron chi connectivity index (χ0n) is 36.2. The van der Waals surface area contributed by atoms with Crippen LogP contribution in [0.25, 0.3) is 0 Å². The van der Waals surface area contributed by atoms with Crippen molar-refractivity contribution in [2.45, 2.75) is 225 Å². The van der Waals surface area contributed by atoms with E-state index in [9.17, 15) is 19.5 Å². The van der Waals surface area contributed by atoms with Crippen LogP contribution in [0, 0.1) is 0 Å². The number of nitrogens with zero attached hydrogens (tertiary/aromatic N) is 1. The molecule has 318 valence electrons. The van der Waals surface area contributed by atoms with Gasteiger partial charge in [0.25, 0.3) is 0 Å². The van der Waals surface area contributed by atoms with Crippen molar-refractivity contribution in [2.24, 2.45) is 0 Å². The Hall–Kier alpha value is -1.93. The number of hydrogen-bond donors (Lipinski definition) is 0. The lowest BCUT2D eigenvalue weighted by atomic mass is 10.1. The molecule has 0 radical (unpaired) electrons. The summed E-state index contributed by atoms with van der Waals surface area (Å²) in [6.07, 6.45) is 39.5. The van der Waals surface area contributed by atoms with Gasteiger partial charge in [0, 0.05) is 19.3 Å². The van der Waals surface area contributed by atoms with Gasteiger partial charge in [-0.15, -0.1) is 0 Å². The minimum atomic E-state index is -1.12. The number of likely N-dealkylation sites (N-methyl/N-ethyl adjacent to an activating group) is 1. The van der Waals surface area contributed by atoms with Gasteiger partial charge in [-0.3, -0.25) is 9.59 Å². The van der Waals surface area contributed by atoms with Crippen LogP contribution in [0.5, 0.6) is 0 Å². The molecule has 0 bridgehead atoms. The number of hydrogen-bond acceptors (Lipinski definition) is 7. The van der Waals surface area contributed by atoms with E-state index in [4.69, 9.17) is 14.2 Å². The summed E-state index contributed by atoms with van der Waals surface area (Å²) in [5, 5.41) is 11.6. The van der Waals surface area contributed by atoms with E-state index in [0.717, 1.165) is 38.5 Å². The highest BCUT2D eigenvalue weighted by atomic mass is 16.6. The Balaban J connectivity index is 4.21. The molecule has 8 heteroatoms. The van der Waals surface area contributed by atoms with E-state index in [2.05, 4.69) is 26.0 Å². The summed E-state index contributed by atoms with van der Waals surface area (Å²) in [6.45, 7) is 4.66. The Bertz CT molecular complexity index is 900. The van der Waals surface area contributed by atoms with Crippen LogP contribution in [-0.2, 0) is 28.6 Å². The molecule has 0 heterocycles. The SMILES string of the molecule is CCCCCCCCCCC/C=C/CCCCCCCCCC(=O)OCC(COCCC(C(=O)[O-])[N+](C)(C)C)OC(=O)CCCCCCCCCCCC. The second-order valence-corrected chi connectivity index (χ2v) is 16.6. The van der Waals surface area contributed by atoms with Crippen LogP contribution >= 0.6 is 0 Å². The molecule has 0 amide bonds. The third-order valence-electron chi connectivity index (χ3n) is 10.4. The van der Waals surface area contributed by atoms with Crippen LogP contribution in [0.15, 0.2) is 12.2 Å². The van der Waals surface area contributed by atoms with E-state index in [1.165, 1.54) is 141 Å². The number of allylic oxidation sites excluding steroid dienone is 2. The molecule has 0 aromatic carbocycles. The molecular weight excluding hydrogens is 679 g/mol. The van der Waals surface area contributed by atoms with Crippen molar-refractivity contribution in [1.29, 1.82) is 0 Å². The van der Waals surface area contributed by atoms with E-state index in [0.29, 0.717) is 12.8 Å². The molecule has 0 aromatic heterocycles. The summed E-state index contributed by atoms with van der Waals surface area (Å²) in [5.41, 5.74) is 0. The van der Waals surface area contributed by atoms with Crippen LogP contribution in [0.1, 0.15) is 213 Å². The summed E-state index contributed by atoms with van der Waals surface area (Å²) in [4.78, 5) is 36.8. The van der Waals surface area contributed by atoms with Gasteiger partial charge in [0.1, 0.15) is 12.6 Å². The molecule has 0 rings (SSSR count). The van der Waals surface area contributed by atoms with Crippen molar-refractivity contribution in [3.8, 4) is 0 Å². The first-order valence-electron chi connectivity index (χ1n) is 22.7. The highest BCUT2D eigenvalue weighted by molar-refractivity contribution is 5.70. The van der Waals surface area contributed by atoms with Crippen LogP contribution < -0.4 is 5.11 Å². The molecule has 0 saturated heterocycles. The molecule has 0 aliphatic heterocycles. The van der Waals surface area contributed by atoms with E-state index < -0.39 is 18.1 Å². The first-order valence-corrected chi connectivity index (χ1v) is 22.7. The van der Waals surface area contributed by atoms with Crippen molar-refractivity contribution in [2.75, 3.05) is 41.0 Å². The smallest absolute Gasteiger partial charge is 0.306 e. The summed E-state index contributed by atoms with van der Waals surface area (Å²) < 4.78 is 17.1. The number of quaternary nitrogens is 1. The Morgan fingerprint density at radius 1 is 0.537 bits per heavy atom. The molecule has 0 N–H and O–H groups in total. The van der Waals surface area contributed by atoms with E-state index in [1.807, 2.05) is 0 Å². The number of aliphatic carboxylic acids is 1. The maximum atomic E-state index is 12.7. The van der Waals surface area contributed by atoms with Crippen molar-refractivity contribution in [1.82, 2.24) is 0 Å². The number of esters is 2. The minimum absolute atomic E-state index is 0.0447. The average molecular weight is 766 g/mol. The molecule has 0 aliphatic carbocycles. The van der Waals surface area contributed by atoms with E-state index in [-0.39, 0.29) is 42.7 Å². The van der Waals surface area contributed by atoms with Gasteiger partial charge in [-0.1, -0.05) is 167 Å². The minimum Gasteiger partial charge on any atom is -0.544 e. The number of carboxylic acids is 1. The molecule has 2 atom stereocenters. The molecule has 0 saturated carbocycles. The van der Waals surface area contributed by atoms with Gasteiger partial charge in [-0.2, -0.15) is 0 Å². The summed E-state index contributed by atoms with van der Waals surface area (Å²) in [7, 11) is 5.41. The van der Waals surface area contributed by atoms with Crippen molar-refractivity contribution < 1.29 is 38.2 Å². The van der Waals surface area contributed by atoms with Gasteiger partial charge >= 0.3 is 11.9 Å². The third-order valence-corrected chi connectivity index (χ3v) is 10.4. The number of carboxylic acid groups (broad SMARTS) is 1. The van der Waals surface area contributed by atoms with Crippen LogP contribution in [0.2, 0.25) is 0 Å². The lowest BCUT2D eigenvalue weighted by Gasteiger charge is -2.34.